The van der Waals surface area contributed by atoms with E-state index in [2.05, 4.69) is 20.2 Å². The molecule has 0 fully saturated rings. The third-order valence-corrected chi connectivity index (χ3v) is 4.57. The Bertz CT molecular complexity index is 756. The molecule has 0 atom stereocenters. The molecule has 6 nitrogen and oxygen atoms in total. The Morgan fingerprint density at radius 2 is 2.05 bits per heavy atom. The molecule has 2 rings (SSSR count). The van der Waals surface area contributed by atoms with E-state index in [1.165, 1.54) is 18.2 Å². The van der Waals surface area contributed by atoms with Crippen molar-refractivity contribution >= 4 is 15.7 Å². The van der Waals surface area contributed by atoms with E-state index < -0.39 is 15.8 Å². The Hall–Kier alpha value is -1.93. The number of nitrogens with one attached hydrogen (secondary N) is 3. The molecule has 1 aromatic heterocycles. The van der Waals surface area contributed by atoms with E-state index in [1.807, 2.05) is 0 Å². The average molecular weight is 312 g/mol. The first-order valence-electron chi connectivity index (χ1n) is 6.32. The lowest BCUT2D eigenvalue weighted by atomic mass is 10.2. The normalized spacial score (nSPS) is 11.6. The number of hydrogen-bond acceptors (Lipinski definition) is 4. The van der Waals surface area contributed by atoms with Crippen LogP contribution in [0.1, 0.15) is 17.0 Å². The Morgan fingerprint density at radius 1 is 1.33 bits per heavy atom. The molecule has 0 radical (unpaired) electrons. The quantitative estimate of drug-likeness (QED) is 0.784. The molecule has 0 spiro atoms. The van der Waals surface area contributed by atoms with Crippen LogP contribution >= 0.6 is 0 Å². The van der Waals surface area contributed by atoms with Crippen LogP contribution in [0.5, 0.6) is 0 Å². The minimum atomic E-state index is -3.80. The lowest BCUT2D eigenvalue weighted by Gasteiger charge is -2.11. The number of hydrogen-bond donors (Lipinski definition) is 3. The first kappa shape index (κ1) is 15.5. The molecule has 0 amide bonds. The number of aromatic amines is 1. The highest BCUT2D eigenvalue weighted by molar-refractivity contribution is 7.92. The summed E-state index contributed by atoms with van der Waals surface area (Å²) in [6.45, 7) is 3.60. The molecule has 8 heteroatoms. The van der Waals surface area contributed by atoms with Crippen LogP contribution in [0.25, 0.3) is 0 Å². The molecule has 114 valence electrons. The number of aryl methyl sites for hydroxylation is 2. The molecule has 21 heavy (non-hydrogen) atoms. The molecular weight excluding hydrogens is 295 g/mol. The summed E-state index contributed by atoms with van der Waals surface area (Å²) in [6.07, 6.45) is 0. The molecule has 0 saturated heterocycles. The predicted octanol–water partition coefficient (Wildman–Crippen LogP) is 1.69. The SMILES string of the molecule is CNCc1n[nH]c(C)c1S(=O)(=O)Nc1ccc(F)cc1C. The van der Waals surface area contributed by atoms with Gasteiger partial charge in [-0.05, 0) is 44.7 Å². The molecule has 0 aliphatic rings. The van der Waals surface area contributed by atoms with Gasteiger partial charge in [-0.3, -0.25) is 9.82 Å². The van der Waals surface area contributed by atoms with Gasteiger partial charge in [-0.25, -0.2) is 12.8 Å². The highest BCUT2D eigenvalue weighted by Crippen LogP contribution is 2.23. The summed E-state index contributed by atoms with van der Waals surface area (Å²) in [5.74, 6) is -0.411. The monoisotopic (exact) mass is 312 g/mol. The van der Waals surface area contributed by atoms with Crippen LogP contribution in [0.15, 0.2) is 23.1 Å². The Balaban J connectivity index is 2.41. The number of aromatic nitrogens is 2. The van der Waals surface area contributed by atoms with Gasteiger partial charge in [0, 0.05) is 6.54 Å². The largest absolute Gasteiger partial charge is 0.314 e. The van der Waals surface area contributed by atoms with Gasteiger partial charge in [0.1, 0.15) is 10.7 Å². The molecular formula is C13H17FN4O2S. The molecule has 3 N–H and O–H groups in total. The van der Waals surface area contributed by atoms with Crippen LogP contribution in [0.3, 0.4) is 0 Å². The van der Waals surface area contributed by atoms with Crippen LogP contribution in [0.2, 0.25) is 0 Å². The number of benzene rings is 1. The Labute approximate surface area is 122 Å². The third kappa shape index (κ3) is 3.22. The summed E-state index contributed by atoms with van der Waals surface area (Å²) in [5, 5.41) is 9.52. The number of nitrogens with zero attached hydrogens (tertiary/aromatic N) is 1. The van der Waals surface area contributed by atoms with Crippen molar-refractivity contribution in [3.63, 3.8) is 0 Å². The summed E-state index contributed by atoms with van der Waals surface area (Å²) in [6, 6.07) is 3.88. The number of H-pyrrole nitrogens is 1. The van der Waals surface area contributed by atoms with Crippen molar-refractivity contribution in [3.8, 4) is 0 Å². The maximum atomic E-state index is 13.1. The summed E-state index contributed by atoms with van der Waals surface area (Å²) < 4.78 is 40.6. The first-order chi connectivity index (χ1) is 9.85. The molecule has 0 aliphatic carbocycles. The van der Waals surface area contributed by atoms with E-state index in [9.17, 15) is 12.8 Å². The average Bonchev–Trinajstić information content (AvgIpc) is 2.75. The molecule has 1 heterocycles. The number of halogens is 1. The zero-order valence-electron chi connectivity index (χ0n) is 12.0. The van der Waals surface area contributed by atoms with Crippen LogP contribution in [0.4, 0.5) is 10.1 Å². The number of rotatable bonds is 5. The minimum absolute atomic E-state index is 0.112. The minimum Gasteiger partial charge on any atom is -0.314 e. The number of anilines is 1. The standard InChI is InChI=1S/C13H17FN4O2S/c1-8-6-10(14)4-5-11(8)18-21(19,20)13-9(2)16-17-12(13)7-15-3/h4-6,15,18H,7H2,1-3H3,(H,16,17). The second-order valence-corrected chi connectivity index (χ2v) is 6.34. The van der Waals surface area contributed by atoms with E-state index in [0.29, 0.717) is 29.2 Å². The fourth-order valence-electron chi connectivity index (χ4n) is 2.05. The molecule has 0 unspecified atom stereocenters. The van der Waals surface area contributed by atoms with Crippen molar-refractivity contribution in [2.24, 2.45) is 0 Å². The first-order valence-corrected chi connectivity index (χ1v) is 7.81. The molecule has 0 saturated carbocycles. The van der Waals surface area contributed by atoms with Crippen LogP contribution in [-0.4, -0.2) is 25.7 Å². The molecule has 0 bridgehead atoms. The van der Waals surface area contributed by atoms with Gasteiger partial charge in [0.2, 0.25) is 0 Å². The van der Waals surface area contributed by atoms with Crippen LogP contribution in [0, 0.1) is 19.7 Å². The van der Waals surface area contributed by atoms with E-state index in [0.717, 1.165) is 0 Å². The van der Waals surface area contributed by atoms with Crippen molar-refractivity contribution in [1.82, 2.24) is 15.5 Å². The van der Waals surface area contributed by atoms with Gasteiger partial charge in [0.25, 0.3) is 10.0 Å². The topological polar surface area (TPSA) is 86.9 Å². The summed E-state index contributed by atoms with van der Waals surface area (Å²) in [7, 11) is -2.09. The molecule has 1 aromatic carbocycles. The van der Waals surface area contributed by atoms with Crippen LogP contribution < -0.4 is 10.0 Å². The summed E-state index contributed by atoms with van der Waals surface area (Å²) >= 11 is 0. The van der Waals surface area contributed by atoms with E-state index >= 15 is 0 Å². The van der Waals surface area contributed by atoms with Gasteiger partial charge in [-0.15, -0.1) is 0 Å². The highest BCUT2D eigenvalue weighted by Gasteiger charge is 2.24. The van der Waals surface area contributed by atoms with Crippen LogP contribution in [-0.2, 0) is 16.6 Å². The van der Waals surface area contributed by atoms with E-state index in [4.69, 9.17) is 0 Å². The highest BCUT2D eigenvalue weighted by atomic mass is 32.2. The zero-order valence-corrected chi connectivity index (χ0v) is 12.8. The number of sulfonamides is 1. The maximum absolute atomic E-state index is 13.1. The lowest BCUT2D eigenvalue weighted by molar-refractivity contribution is 0.598. The summed E-state index contributed by atoms with van der Waals surface area (Å²) in [5.41, 5.74) is 1.71. The van der Waals surface area contributed by atoms with Gasteiger partial charge in [-0.1, -0.05) is 0 Å². The Morgan fingerprint density at radius 3 is 2.67 bits per heavy atom. The van der Waals surface area contributed by atoms with Gasteiger partial charge in [0.05, 0.1) is 17.1 Å². The van der Waals surface area contributed by atoms with Crippen molar-refractivity contribution in [3.05, 3.63) is 41.0 Å². The fraction of sp³-hybridized carbons (Fsp3) is 0.308. The van der Waals surface area contributed by atoms with E-state index in [1.54, 1.807) is 20.9 Å². The Kier molecular flexibility index (Phi) is 4.29. The predicted molar refractivity (Wildman–Crippen MR) is 78.0 cm³/mol. The van der Waals surface area contributed by atoms with Gasteiger partial charge >= 0.3 is 0 Å². The second kappa shape index (κ2) is 5.82. The summed E-state index contributed by atoms with van der Waals surface area (Å²) in [4.78, 5) is 0.112. The van der Waals surface area contributed by atoms with Crippen molar-refractivity contribution in [2.45, 2.75) is 25.3 Å². The van der Waals surface area contributed by atoms with Crippen molar-refractivity contribution < 1.29 is 12.8 Å². The maximum Gasteiger partial charge on any atom is 0.265 e. The van der Waals surface area contributed by atoms with E-state index in [-0.39, 0.29) is 4.90 Å². The lowest BCUT2D eigenvalue weighted by Crippen LogP contribution is -2.18. The van der Waals surface area contributed by atoms with Gasteiger partial charge in [-0.2, -0.15) is 5.10 Å². The second-order valence-electron chi connectivity index (χ2n) is 4.72. The molecule has 2 aromatic rings. The third-order valence-electron chi connectivity index (χ3n) is 3.01. The molecule has 0 aliphatic heterocycles. The van der Waals surface area contributed by atoms with Gasteiger partial charge in [0.15, 0.2) is 0 Å². The zero-order chi connectivity index (χ0) is 15.6. The van der Waals surface area contributed by atoms with Crippen molar-refractivity contribution in [1.29, 1.82) is 0 Å². The smallest absolute Gasteiger partial charge is 0.265 e. The van der Waals surface area contributed by atoms with Crippen molar-refractivity contribution in [2.75, 3.05) is 11.8 Å². The van der Waals surface area contributed by atoms with Gasteiger partial charge < -0.3 is 5.32 Å². The fourth-order valence-corrected chi connectivity index (χ4v) is 3.55.